The van der Waals surface area contributed by atoms with E-state index in [-0.39, 0.29) is 5.76 Å². The second kappa shape index (κ2) is 4.29. The van der Waals surface area contributed by atoms with Gasteiger partial charge in [-0.15, -0.1) is 0 Å². The van der Waals surface area contributed by atoms with Crippen LogP contribution in [0.3, 0.4) is 0 Å². The molecule has 5 heteroatoms. The first-order chi connectivity index (χ1) is 8.11. The third-order valence-corrected chi connectivity index (χ3v) is 2.42. The molecule has 1 aromatic heterocycles. The Balaban J connectivity index is 2.42. The number of carboxylic acid groups (broad SMARTS) is 1. The number of carbonyl (C=O) groups is 1. The molecule has 0 fully saturated rings. The van der Waals surface area contributed by atoms with E-state index in [1.807, 2.05) is 19.1 Å². The number of nitrogens with zero attached hydrogens (tertiary/aromatic N) is 1. The Morgan fingerprint density at radius 1 is 1.41 bits per heavy atom. The molecule has 0 atom stereocenters. The number of carboxylic acids is 1. The summed E-state index contributed by atoms with van der Waals surface area (Å²) in [6.07, 6.45) is 0. The monoisotopic (exact) mass is 233 g/mol. The maximum Gasteiger partial charge on any atom is 0.374 e. The third kappa shape index (κ3) is 2.13. The molecule has 0 aliphatic rings. The third-order valence-electron chi connectivity index (χ3n) is 2.42. The number of hydrogen-bond donors (Lipinski definition) is 1. The van der Waals surface area contributed by atoms with Gasteiger partial charge in [0.05, 0.1) is 7.11 Å². The van der Waals surface area contributed by atoms with Crippen LogP contribution in [0.2, 0.25) is 0 Å². The molecule has 1 heterocycles. The number of ether oxygens (including phenoxy) is 1. The minimum absolute atomic E-state index is 0.181. The van der Waals surface area contributed by atoms with Crippen molar-refractivity contribution in [2.24, 2.45) is 0 Å². The summed E-state index contributed by atoms with van der Waals surface area (Å²) in [5.41, 5.74) is 2.22. The number of aromatic carboxylic acids is 1. The predicted octanol–water partition coefficient (Wildman–Crippen LogP) is 2.36. The lowest BCUT2D eigenvalue weighted by molar-refractivity contribution is 0.0652. The summed E-state index contributed by atoms with van der Waals surface area (Å²) in [5.74, 6) is -0.593. The van der Waals surface area contributed by atoms with Crippen LogP contribution in [0.25, 0.3) is 11.3 Å². The Bertz CT molecular complexity index is 559. The molecule has 0 aliphatic heterocycles. The number of hydrogen-bond acceptors (Lipinski definition) is 4. The minimum atomic E-state index is -1.14. The van der Waals surface area contributed by atoms with E-state index in [2.05, 4.69) is 5.16 Å². The topological polar surface area (TPSA) is 72.6 Å². The van der Waals surface area contributed by atoms with Gasteiger partial charge in [-0.25, -0.2) is 4.79 Å². The van der Waals surface area contributed by atoms with E-state index in [1.54, 1.807) is 13.2 Å². The summed E-state index contributed by atoms with van der Waals surface area (Å²) in [6, 6.07) is 6.88. The maximum atomic E-state index is 10.7. The van der Waals surface area contributed by atoms with Gasteiger partial charge in [0.15, 0.2) is 0 Å². The standard InChI is InChI=1S/C12H11NO4/c1-7-3-4-8(5-10(7)16-2)9-6-11(12(14)15)17-13-9/h3-6H,1-2H3,(H,14,15). The first-order valence-corrected chi connectivity index (χ1v) is 4.97. The molecule has 0 spiro atoms. The SMILES string of the molecule is COc1cc(-c2cc(C(=O)O)on2)ccc1C. The van der Waals surface area contributed by atoms with Crippen LogP contribution in [-0.4, -0.2) is 23.3 Å². The lowest BCUT2D eigenvalue weighted by Crippen LogP contribution is -1.91. The van der Waals surface area contributed by atoms with E-state index in [9.17, 15) is 4.79 Å². The molecule has 1 N–H and O–H groups in total. The second-order valence-corrected chi connectivity index (χ2v) is 3.57. The predicted molar refractivity (Wildman–Crippen MR) is 60.2 cm³/mol. The molecule has 88 valence electrons. The summed E-state index contributed by atoms with van der Waals surface area (Å²) in [4.78, 5) is 10.7. The summed E-state index contributed by atoms with van der Waals surface area (Å²) in [5, 5.41) is 12.4. The molecule has 5 nitrogen and oxygen atoms in total. The van der Waals surface area contributed by atoms with Crippen molar-refractivity contribution in [3.05, 3.63) is 35.6 Å². The van der Waals surface area contributed by atoms with Crippen molar-refractivity contribution in [3.8, 4) is 17.0 Å². The Morgan fingerprint density at radius 2 is 2.18 bits per heavy atom. The van der Waals surface area contributed by atoms with Gasteiger partial charge in [-0.05, 0) is 18.6 Å². The van der Waals surface area contributed by atoms with Crippen LogP contribution >= 0.6 is 0 Å². The minimum Gasteiger partial charge on any atom is -0.496 e. The van der Waals surface area contributed by atoms with E-state index in [4.69, 9.17) is 14.4 Å². The van der Waals surface area contributed by atoms with Gasteiger partial charge in [-0.1, -0.05) is 17.3 Å². The molecule has 1 aromatic carbocycles. The smallest absolute Gasteiger partial charge is 0.374 e. The summed E-state index contributed by atoms with van der Waals surface area (Å²) in [7, 11) is 1.58. The first-order valence-electron chi connectivity index (χ1n) is 4.97. The molecule has 0 amide bonds. The van der Waals surface area contributed by atoms with Gasteiger partial charge < -0.3 is 14.4 Å². The van der Waals surface area contributed by atoms with Crippen LogP contribution in [0.4, 0.5) is 0 Å². The Labute approximate surface area is 97.6 Å². The van der Waals surface area contributed by atoms with Gasteiger partial charge >= 0.3 is 5.97 Å². The molecule has 0 radical (unpaired) electrons. The van der Waals surface area contributed by atoms with Crippen LogP contribution in [-0.2, 0) is 0 Å². The number of aromatic nitrogens is 1. The molecule has 17 heavy (non-hydrogen) atoms. The highest BCUT2D eigenvalue weighted by Gasteiger charge is 2.13. The van der Waals surface area contributed by atoms with Gasteiger partial charge in [-0.3, -0.25) is 0 Å². The highest BCUT2D eigenvalue weighted by molar-refractivity contribution is 5.85. The van der Waals surface area contributed by atoms with Gasteiger partial charge in [0, 0.05) is 11.6 Å². The van der Waals surface area contributed by atoms with Crippen molar-refractivity contribution in [1.82, 2.24) is 5.16 Å². The molecular weight excluding hydrogens is 222 g/mol. The van der Waals surface area contributed by atoms with Crippen molar-refractivity contribution in [1.29, 1.82) is 0 Å². The summed E-state index contributed by atoms with van der Waals surface area (Å²) < 4.78 is 9.88. The highest BCUT2D eigenvalue weighted by atomic mass is 16.5. The average Bonchev–Trinajstić information content (AvgIpc) is 2.79. The lowest BCUT2D eigenvalue weighted by Gasteiger charge is -2.05. The van der Waals surface area contributed by atoms with E-state index >= 15 is 0 Å². The van der Waals surface area contributed by atoms with Gasteiger partial charge in [0.1, 0.15) is 11.4 Å². The van der Waals surface area contributed by atoms with Crippen molar-refractivity contribution < 1.29 is 19.2 Å². The van der Waals surface area contributed by atoms with Gasteiger partial charge in [0.25, 0.3) is 0 Å². The highest BCUT2D eigenvalue weighted by Crippen LogP contribution is 2.26. The van der Waals surface area contributed by atoms with Gasteiger partial charge in [-0.2, -0.15) is 0 Å². The quantitative estimate of drug-likeness (QED) is 0.880. The van der Waals surface area contributed by atoms with Crippen molar-refractivity contribution in [2.45, 2.75) is 6.92 Å². The first kappa shape index (κ1) is 11.2. The fourth-order valence-corrected chi connectivity index (χ4v) is 1.49. The van der Waals surface area contributed by atoms with Crippen molar-refractivity contribution >= 4 is 5.97 Å². The average molecular weight is 233 g/mol. The molecule has 2 rings (SSSR count). The molecule has 0 saturated heterocycles. The largest absolute Gasteiger partial charge is 0.496 e. The zero-order valence-corrected chi connectivity index (χ0v) is 9.43. The molecule has 0 bridgehead atoms. The van der Waals surface area contributed by atoms with E-state index < -0.39 is 5.97 Å². The zero-order chi connectivity index (χ0) is 12.4. The number of methoxy groups -OCH3 is 1. The maximum absolute atomic E-state index is 10.7. The Morgan fingerprint density at radius 3 is 2.76 bits per heavy atom. The number of aryl methyl sites for hydroxylation is 1. The number of rotatable bonds is 3. The van der Waals surface area contributed by atoms with Crippen molar-refractivity contribution in [2.75, 3.05) is 7.11 Å². The Hall–Kier alpha value is -2.30. The van der Waals surface area contributed by atoms with Crippen LogP contribution in [0.15, 0.2) is 28.8 Å². The molecule has 2 aromatic rings. The zero-order valence-electron chi connectivity index (χ0n) is 9.43. The molecular formula is C12H11NO4. The Kier molecular flexibility index (Phi) is 2.82. The number of benzene rings is 1. The summed E-state index contributed by atoms with van der Waals surface area (Å²) >= 11 is 0. The lowest BCUT2D eigenvalue weighted by atomic mass is 10.1. The summed E-state index contributed by atoms with van der Waals surface area (Å²) in [6.45, 7) is 1.92. The van der Waals surface area contributed by atoms with E-state index in [1.165, 1.54) is 6.07 Å². The van der Waals surface area contributed by atoms with Gasteiger partial charge in [0.2, 0.25) is 5.76 Å². The van der Waals surface area contributed by atoms with Crippen LogP contribution < -0.4 is 4.74 Å². The van der Waals surface area contributed by atoms with Crippen LogP contribution in [0.5, 0.6) is 5.75 Å². The normalized spacial score (nSPS) is 10.2. The fourth-order valence-electron chi connectivity index (χ4n) is 1.49. The van der Waals surface area contributed by atoms with E-state index in [0.29, 0.717) is 5.69 Å². The van der Waals surface area contributed by atoms with E-state index in [0.717, 1.165) is 16.9 Å². The van der Waals surface area contributed by atoms with Crippen molar-refractivity contribution in [3.63, 3.8) is 0 Å². The van der Waals surface area contributed by atoms with Crippen LogP contribution in [0, 0.1) is 6.92 Å². The molecule has 0 unspecified atom stereocenters. The molecule has 0 saturated carbocycles. The fraction of sp³-hybridized carbons (Fsp3) is 0.167. The molecule has 0 aliphatic carbocycles. The van der Waals surface area contributed by atoms with Crippen LogP contribution in [0.1, 0.15) is 16.1 Å². The second-order valence-electron chi connectivity index (χ2n) is 3.57.